The molecule has 152 valence electrons. The number of nitrogens with one attached hydrogen (secondary N) is 1. The van der Waals surface area contributed by atoms with Crippen LogP contribution in [0.2, 0.25) is 0 Å². The molecule has 1 N–H and O–H groups in total. The molecule has 0 aromatic heterocycles. The minimum atomic E-state index is -0.0910. The fourth-order valence-electron chi connectivity index (χ4n) is 3.26. The molecule has 0 saturated carbocycles. The summed E-state index contributed by atoms with van der Waals surface area (Å²) < 4.78 is 5.87. The lowest BCUT2D eigenvalue weighted by molar-refractivity contribution is -0.116. The normalized spacial score (nSPS) is 17.0. The van der Waals surface area contributed by atoms with Crippen LogP contribution >= 0.6 is 24.8 Å². The number of likely N-dealkylation sites (tertiary alicyclic amines) is 1. The van der Waals surface area contributed by atoms with E-state index in [1.165, 1.54) is 37.9 Å². The Morgan fingerprint density at radius 2 is 1.96 bits per heavy atom. The second kappa shape index (κ2) is 12.1. The number of likely N-dealkylation sites (N-methyl/N-ethyl adjacent to an activating group) is 1. The molecule has 1 aromatic rings. The molecule has 1 amide bonds. The van der Waals surface area contributed by atoms with Crippen molar-refractivity contribution in [3.8, 4) is 5.75 Å². The Morgan fingerprint density at radius 1 is 1.19 bits per heavy atom. The molecular formula is C19H30Cl2N4O2. The maximum atomic E-state index is 11.2. The lowest BCUT2D eigenvalue weighted by atomic mass is 10.1. The van der Waals surface area contributed by atoms with Gasteiger partial charge in [-0.3, -0.25) is 9.69 Å². The maximum Gasteiger partial charge on any atom is 0.268 e. The lowest BCUT2D eigenvalue weighted by Crippen LogP contribution is -2.36. The van der Waals surface area contributed by atoms with E-state index in [9.17, 15) is 4.79 Å². The van der Waals surface area contributed by atoms with E-state index in [0.717, 1.165) is 25.3 Å². The number of halogens is 2. The predicted molar refractivity (Wildman–Crippen MR) is 113 cm³/mol. The van der Waals surface area contributed by atoms with Crippen LogP contribution in [0.4, 0.5) is 0 Å². The lowest BCUT2D eigenvalue weighted by Gasteiger charge is -2.26. The molecule has 1 saturated heterocycles. The number of benzene rings is 1. The summed E-state index contributed by atoms with van der Waals surface area (Å²) in [6, 6.07) is 8.41. The summed E-state index contributed by atoms with van der Waals surface area (Å²) in [5.41, 5.74) is 1.32. The Kier molecular flexibility index (Phi) is 10.5. The summed E-state index contributed by atoms with van der Waals surface area (Å²) in [6.07, 6.45) is 4.85. The van der Waals surface area contributed by atoms with Gasteiger partial charge in [0.15, 0.2) is 0 Å². The number of ether oxygens (including phenoxy) is 1. The van der Waals surface area contributed by atoms with E-state index in [4.69, 9.17) is 4.74 Å². The molecule has 8 heteroatoms. The monoisotopic (exact) mass is 416 g/mol. The molecule has 2 aliphatic heterocycles. The van der Waals surface area contributed by atoms with E-state index in [0.29, 0.717) is 19.1 Å². The molecule has 0 aliphatic carbocycles. The number of rotatable bonds is 7. The molecule has 0 spiro atoms. The largest absolute Gasteiger partial charge is 0.494 e. The van der Waals surface area contributed by atoms with Gasteiger partial charge in [0.25, 0.3) is 5.91 Å². The van der Waals surface area contributed by atoms with E-state index >= 15 is 0 Å². The minimum absolute atomic E-state index is 0. The van der Waals surface area contributed by atoms with Crippen molar-refractivity contribution in [2.75, 3.05) is 39.8 Å². The highest BCUT2D eigenvalue weighted by Crippen LogP contribution is 2.17. The van der Waals surface area contributed by atoms with E-state index in [1.54, 1.807) is 0 Å². The SMILES string of the molecule is CN1CC(=O)N=C1NCCCOc1cccc(CN2CCCCC2)c1.Cl.Cl. The van der Waals surface area contributed by atoms with Crippen molar-refractivity contribution >= 4 is 36.7 Å². The van der Waals surface area contributed by atoms with Crippen molar-refractivity contribution in [3.63, 3.8) is 0 Å². The number of hydrogen-bond donors (Lipinski definition) is 1. The second-order valence-electron chi connectivity index (χ2n) is 6.80. The van der Waals surface area contributed by atoms with Crippen molar-refractivity contribution in [1.29, 1.82) is 0 Å². The van der Waals surface area contributed by atoms with Gasteiger partial charge in [0.1, 0.15) is 12.3 Å². The van der Waals surface area contributed by atoms with E-state index in [-0.39, 0.29) is 30.7 Å². The Labute approximate surface area is 174 Å². The van der Waals surface area contributed by atoms with Gasteiger partial charge >= 0.3 is 0 Å². The van der Waals surface area contributed by atoms with Gasteiger partial charge in [-0.05, 0) is 50.0 Å². The van der Waals surface area contributed by atoms with Crippen LogP contribution in [0.3, 0.4) is 0 Å². The number of carbonyl (C=O) groups is 1. The number of amides is 1. The van der Waals surface area contributed by atoms with Gasteiger partial charge in [-0.1, -0.05) is 18.6 Å². The number of aliphatic imine (C=N–C) groups is 1. The predicted octanol–water partition coefficient (Wildman–Crippen LogP) is 2.70. The molecule has 3 rings (SSSR count). The zero-order valence-corrected chi connectivity index (χ0v) is 17.5. The first kappa shape index (κ1) is 23.5. The smallest absolute Gasteiger partial charge is 0.268 e. The van der Waals surface area contributed by atoms with Crippen LogP contribution in [-0.2, 0) is 11.3 Å². The van der Waals surface area contributed by atoms with E-state index < -0.39 is 0 Å². The zero-order chi connectivity index (χ0) is 17.5. The third-order valence-electron chi connectivity index (χ3n) is 4.59. The maximum absolute atomic E-state index is 11.2. The van der Waals surface area contributed by atoms with Gasteiger partial charge in [0.2, 0.25) is 5.96 Å². The second-order valence-corrected chi connectivity index (χ2v) is 6.80. The first-order valence-corrected chi connectivity index (χ1v) is 9.21. The van der Waals surface area contributed by atoms with Crippen molar-refractivity contribution in [1.82, 2.24) is 15.1 Å². The quantitative estimate of drug-likeness (QED) is 0.692. The van der Waals surface area contributed by atoms with Crippen LogP contribution in [-0.4, -0.2) is 61.5 Å². The standard InChI is InChI=1S/C19H28N4O2.2ClH/c1-22-15-18(24)21-19(22)20-9-6-12-25-17-8-5-7-16(13-17)14-23-10-3-2-4-11-23;;/h5,7-8,13H,2-4,6,9-12,14-15H2,1H3,(H,20,21,24);2*1H. The van der Waals surface area contributed by atoms with Gasteiger partial charge in [0, 0.05) is 20.1 Å². The van der Waals surface area contributed by atoms with Gasteiger partial charge in [-0.15, -0.1) is 24.8 Å². The third-order valence-corrected chi connectivity index (χ3v) is 4.59. The molecule has 0 radical (unpaired) electrons. The Hall–Kier alpha value is -1.50. The average molecular weight is 417 g/mol. The van der Waals surface area contributed by atoms with Crippen LogP contribution in [0.1, 0.15) is 31.2 Å². The first-order chi connectivity index (χ1) is 12.2. The van der Waals surface area contributed by atoms with Gasteiger partial charge < -0.3 is 15.0 Å². The number of hydrogen-bond acceptors (Lipinski definition) is 5. The Bertz CT molecular complexity index is 621. The molecule has 1 fully saturated rings. The third kappa shape index (κ3) is 7.56. The molecular weight excluding hydrogens is 387 g/mol. The average Bonchev–Trinajstić information content (AvgIpc) is 2.93. The number of nitrogens with zero attached hydrogens (tertiary/aromatic N) is 3. The fourth-order valence-corrected chi connectivity index (χ4v) is 3.26. The van der Waals surface area contributed by atoms with Crippen molar-refractivity contribution < 1.29 is 9.53 Å². The van der Waals surface area contributed by atoms with Crippen molar-refractivity contribution in [2.45, 2.75) is 32.2 Å². The van der Waals surface area contributed by atoms with Crippen LogP contribution < -0.4 is 10.1 Å². The van der Waals surface area contributed by atoms with Gasteiger partial charge in [-0.2, -0.15) is 4.99 Å². The van der Waals surface area contributed by atoms with Crippen LogP contribution in [0.15, 0.2) is 29.3 Å². The summed E-state index contributed by atoms with van der Waals surface area (Å²) in [7, 11) is 1.86. The number of piperidine rings is 1. The highest BCUT2D eigenvalue weighted by atomic mass is 35.5. The van der Waals surface area contributed by atoms with Crippen molar-refractivity contribution in [2.24, 2.45) is 4.99 Å². The highest BCUT2D eigenvalue weighted by Gasteiger charge is 2.18. The summed E-state index contributed by atoms with van der Waals surface area (Å²) in [6.45, 7) is 5.17. The van der Waals surface area contributed by atoms with Crippen LogP contribution in [0, 0.1) is 0 Å². The van der Waals surface area contributed by atoms with E-state index in [1.807, 2.05) is 18.0 Å². The summed E-state index contributed by atoms with van der Waals surface area (Å²) in [4.78, 5) is 19.5. The zero-order valence-electron chi connectivity index (χ0n) is 15.9. The van der Waals surface area contributed by atoms with Crippen LogP contribution in [0.25, 0.3) is 0 Å². The molecule has 0 bridgehead atoms. The Balaban J connectivity index is 0.00000182. The number of guanidine groups is 1. The molecule has 1 aromatic carbocycles. The van der Waals surface area contributed by atoms with Gasteiger partial charge in [-0.25, -0.2) is 0 Å². The molecule has 27 heavy (non-hydrogen) atoms. The van der Waals surface area contributed by atoms with Crippen LogP contribution in [0.5, 0.6) is 5.75 Å². The fraction of sp³-hybridized carbons (Fsp3) is 0.579. The topological polar surface area (TPSA) is 57.2 Å². The highest BCUT2D eigenvalue weighted by molar-refractivity contribution is 6.00. The summed E-state index contributed by atoms with van der Waals surface area (Å²) in [5.74, 6) is 1.50. The molecule has 2 aliphatic rings. The minimum Gasteiger partial charge on any atom is -0.494 e. The van der Waals surface area contributed by atoms with Crippen molar-refractivity contribution in [3.05, 3.63) is 29.8 Å². The number of carbonyl (C=O) groups excluding carboxylic acids is 1. The molecule has 0 unspecified atom stereocenters. The molecule has 2 heterocycles. The Morgan fingerprint density at radius 3 is 2.67 bits per heavy atom. The van der Waals surface area contributed by atoms with Gasteiger partial charge in [0.05, 0.1) is 6.61 Å². The van der Waals surface area contributed by atoms with E-state index in [2.05, 4.69) is 33.4 Å². The summed E-state index contributed by atoms with van der Waals surface area (Å²) >= 11 is 0. The first-order valence-electron chi connectivity index (χ1n) is 9.21. The molecule has 6 nitrogen and oxygen atoms in total. The molecule has 0 atom stereocenters. The summed E-state index contributed by atoms with van der Waals surface area (Å²) in [5, 5.41) is 3.18.